The van der Waals surface area contributed by atoms with Crippen LogP contribution in [0.2, 0.25) is 0 Å². The van der Waals surface area contributed by atoms with Gasteiger partial charge in [0.25, 0.3) is 0 Å². The molecule has 3 aliphatic rings. The third-order valence-electron chi connectivity index (χ3n) is 4.10. The van der Waals surface area contributed by atoms with Crippen molar-refractivity contribution in [2.24, 2.45) is 23.7 Å². The number of ether oxygens (including phenoxy) is 1. The van der Waals surface area contributed by atoms with Crippen molar-refractivity contribution >= 4 is 0 Å². The predicted octanol–water partition coefficient (Wildman–Crippen LogP) is 0.816. The molecule has 3 rings (SSSR count). The summed E-state index contributed by atoms with van der Waals surface area (Å²) in [6.45, 7) is 0.338. The van der Waals surface area contributed by atoms with Crippen LogP contribution in [0.4, 0.5) is 0 Å². The fourth-order valence-corrected chi connectivity index (χ4v) is 3.62. The van der Waals surface area contributed by atoms with Gasteiger partial charge >= 0.3 is 0 Å². The molecule has 2 nitrogen and oxygen atoms in total. The number of aliphatic hydroxyl groups excluding tert-OH is 1. The van der Waals surface area contributed by atoms with E-state index in [0.717, 1.165) is 6.42 Å². The molecule has 2 fully saturated rings. The van der Waals surface area contributed by atoms with Crippen LogP contribution >= 0.6 is 0 Å². The summed E-state index contributed by atoms with van der Waals surface area (Å²) in [6.07, 6.45) is 5.69. The van der Waals surface area contributed by atoms with E-state index in [0.29, 0.717) is 30.3 Å². The van der Waals surface area contributed by atoms with Gasteiger partial charge in [0.1, 0.15) is 0 Å². The molecule has 0 radical (unpaired) electrons. The summed E-state index contributed by atoms with van der Waals surface area (Å²) in [5, 5.41) is 9.15. The molecule has 3 aliphatic carbocycles. The molecule has 66 valence electrons. The van der Waals surface area contributed by atoms with Crippen molar-refractivity contribution in [1.82, 2.24) is 0 Å². The van der Waals surface area contributed by atoms with E-state index in [9.17, 15) is 0 Å². The normalized spacial score (nSPS) is 59.2. The largest absolute Gasteiger partial charge is 0.396 e. The fraction of sp³-hybridized carbons (Fsp3) is 0.800. The summed E-state index contributed by atoms with van der Waals surface area (Å²) in [7, 11) is 1.81. The van der Waals surface area contributed by atoms with Crippen LogP contribution in [0.5, 0.6) is 0 Å². The maximum Gasteiger partial charge on any atom is 0.0845 e. The van der Waals surface area contributed by atoms with Crippen molar-refractivity contribution in [2.45, 2.75) is 12.0 Å². The first kappa shape index (κ1) is 7.10. The first-order valence-corrected chi connectivity index (χ1v) is 4.69. The summed E-state index contributed by atoms with van der Waals surface area (Å²) < 4.78 is 5.62. The predicted molar refractivity (Wildman–Crippen MR) is 44.5 cm³/mol. The van der Waals surface area contributed by atoms with Crippen molar-refractivity contribution in [3.8, 4) is 0 Å². The van der Waals surface area contributed by atoms with Gasteiger partial charge in [-0.2, -0.15) is 0 Å². The molecule has 0 spiro atoms. The van der Waals surface area contributed by atoms with Gasteiger partial charge in [-0.15, -0.1) is 0 Å². The van der Waals surface area contributed by atoms with Gasteiger partial charge in [-0.1, -0.05) is 12.2 Å². The SMILES string of the molecule is COC12C3C=CC1C2C(CO)C3. The first-order chi connectivity index (χ1) is 5.84. The van der Waals surface area contributed by atoms with Gasteiger partial charge in [-0.05, 0) is 12.3 Å². The molecule has 1 N–H and O–H groups in total. The lowest BCUT2D eigenvalue weighted by Crippen LogP contribution is -2.20. The zero-order valence-electron chi connectivity index (χ0n) is 7.23. The Balaban J connectivity index is 1.94. The quantitative estimate of drug-likeness (QED) is 0.615. The number of hydrogen-bond acceptors (Lipinski definition) is 2. The molecule has 12 heavy (non-hydrogen) atoms. The first-order valence-electron chi connectivity index (χ1n) is 4.69. The lowest BCUT2D eigenvalue weighted by molar-refractivity contribution is 0.0459. The molecule has 0 amide bonds. The summed E-state index contributed by atoms with van der Waals surface area (Å²) in [5.74, 6) is 2.34. The summed E-state index contributed by atoms with van der Waals surface area (Å²) in [4.78, 5) is 0. The molecule has 0 saturated heterocycles. The Labute approximate surface area is 72.2 Å². The minimum Gasteiger partial charge on any atom is -0.396 e. The number of fused-ring (bicyclic) bond motifs is 1. The fourth-order valence-electron chi connectivity index (χ4n) is 3.62. The Morgan fingerprint density at radius 1 is 1.58 bits per heavy atom. The highest BCUT2D eigenvalue weighted by Gasteiger charge is 2.76. The lowest BCUT2D eigenvalue weighted by atomic mass is 9.98. The van der Waals surface area contributed by atoms with Crippen LogP contribution in [0, 0.1) is 23.7 Å². The van der Waals surface area contributed by atoms with E-state index >= 15 is 0 Å². The lowest BCUT2D eigenvalue weighted by Gasteiger charge is -2.15. The van der Waals surface area contributed by atoms with Crippen LogP contribution in [0.3, 0.4) is 0 Å². The second-order valence-corrected chi connectivity index (χ2v) is 4.28. The molecule has 5 unspecified atom stereocenters. The van der Waals surface area contributed by atoms with E-state index in [1.54, 1.807) is 0 Å². The average molecular weight is 166 g/mol. The third-order valence-corrected chi connectivity index (χ3v) is 4.10. The molecule has 2 heteroatoms. The van der Waals surface area contributed by atoms with Gasteiger partial charge in [-0.3, -0.25) is 0 Å². The van der Waals surface area contributed by atoms with Crippen LogP contribution in [0.1, 0.15) is 6.42 Å². The zero-order chi connectivity index (χ0) is 8.34. The van der Waals surface area contributed by atoms with Crippen molar-refractivity contribution < 1.29 is 9.84 Å². The van der Waals surface area contributed by atoms with E-state index in [-0.39, 0.29) is 5.60 Å². The van der Waals surface area contributed by atoms with Crippen molar-refractivity contribution in [1.29, 1.82) is 0 Å². The Hall–Kier alpha value is -0.340. The number of rotatable bonds is 2. The van der Waals surface area contributed by atoms with Crippen LogP contribution in [0.25, 0.3) is 0 Å². The van der Waals surface area contributed by atoms with Crippen molar-refractivity contribution in [3.63, 3.8) is 0 Å². The van der Waals surface area contributed by atoms with E-state index in [4.69, 9.17) is 9.84 Å². The molecule has 0 aliphatic heterocycles. The number of methoxy groups -OCH3 is 1. The Morgan fingerprint density at radius 3 is 2.92 bits per heavy atom. The van der Waals surface area contributed by atoms with E-state index in [1.807, 2.05) is 7.11 Å². The monoisotopic (exact) mass is 166 g/mol. The van der Waals surface area contributed by atoms with Crippen molar-refractivity contribution in [2.75, 3.05) is 13.7 Å². The van der Waals surface area contributed by atoms with E-state index in [1.165, 1.54) is 0 Å². The molecular formula is C10H14O2. The van der Waals surface area contributed by atoms with Crippen LogP contribution in [0.15, 0.2) is 12.2 Å². The average Bonchev–Trinajstić information content (AvgIpc) is 2.55. The Bertz CT molecular complexity index is 248. The minimum atomic E-state index is 0.132. The molecule has 0 bridgehead atoms. The molecular weight excluding hydrogens is 152 g/mol. The molecule has 0 aromatic heterocycles. The van der Waals surface area contributed by atoms with Gasteiger partial charge in [0.15, 0.2) is 0 Å². The van der Waals surface area contributed by atoms with Gasteiger partial charge in [0.2, 0.25) is 0 Å². The third kappa shape index (κ3) is 0.511. The highest BCUT2D eigenvalue weighted by atomic mass is 16.5. The van der Waals surface area contributed by atoms with Crippen LogP contribution < -0.4 is 0 Å². The summed E-state index contributed by atoms with van der Waals surface area (Å²) in [5.41, 5.74) is 0.132. The molecule has 2 saturated carbocycles. The maximum absolute atomic E-state index is 9.15. The van der Waals surface area contributed by atoms with Gasteiger partial charge < -0.3 is 9.84 Å². The van der Waals surface area contributed by atoms with Gasteiger partial charge in [0.05, 0.1) is 5.60 Å². The molecule has 5 atom stereocenters. The van der Waals surface area contributed by atoms with E-state index < -0.39 is 0 Å². The second-order valence-electron chi connectivity index (χ2n) is 4.28. The molecule has 0 aromatic carbocycles. The molecule has 0 aromatic rings. The smallest absolute Gasteiger partial charge is 0.0845 e. The van der Waals surface area contributed by atoms with Crippen LogP contribution in [-0.4, -0.2) is 24.4 Å². The molecule has 0 heterocycles. The topological polar surface area (TPSA) is 29.5 Å². The summed E-state index contributed by atoms with van der Waals surface area (Å²) in [6, 6.07) is 0. The highest BCUT2D eigenvalue weighted by Crippen LogP contribution is 2.72. The Kier molecular flexibility index (Phi) is 1.15. The number of hydrogen-bond donors (Lipinski definition) is 1. The zero-order valence-corrected chi connectivity index (χ0v) is 7.23. The second kappa shape index (κ2) is 1.94. The van der Waals surface area contributed by atoms with E-state index in [2.05, 4.69) is 12.2 Å². The minimum absolute atomic E-state index is 0.132. The number of aliphatic hydroxyl groups is 1. The van der Waals surface area contributed by atoms with Gasteiger partial charge in [-0.25, -0.2) is 0 Å². The van der Waals surface area contributed by atoms with Crippen molar-refractivity contribution in [3.05, 3.63) is 12.2 Å². The maximum atomic E-state index is 9.15. The summed E-state index contributed by atoms with van der Waals surface area (Å²) >= 11 is 0. The highest BCUT2D eigenvalue weighted by molar-refractivity contribution is 5.37. The Morgan fingerprint density at radius 2 is 2.42 bits per heavy atom. The van der Waals surface area contributed by atoms with Crippen LogP contribution in [-0.2, 0) is 4.74 Å². The standard InChI is InChI=1S/C10H14O2/c1-12-10-7-2-3-8(10)9(10)6(4-7)5-11/h2-3,6-9,11H,4-5H2,1H3. The van der Waals surface area contributed by atoms with Gasteiger partial charge in [0, 0.05) is 31.5 Å².